The zero-order chi connectivity index (χ0) is 14.1. The Balaban J connectivity index is 1.83. The van der Waals surface area contributed by atoms with Gasteiger partial charge in [0, 0.05) is 23.9 Å². The second-order valence-corrected chi connectivity index (χ2v) is 5.76. The van der Waals surface area contributed by atoms with E-state index in [2.05, 4.69) is 15.0 Å². The van der Waals surface area contributed by atoms with Gasteiger partial charge in [-0.2, -0.15) is 4.98 Å². The van der Waals surface area contributed by atoms with Gasteiger partial charge in [-0.25, -0.2) is 4.98 Å². The van der Waals surface area contributed by atoms with Crippen LogP contribution >= 0.6 is 23.4 Å². The first-order chi connectivity index (χ1) is 9.65. The number of aryl methyl sites for hydroxylation is 1. The fourth-order valence-electron chi connectivity index (χ4n) is 1.98. The maximum atomic E-state index is 11.8. The first-order valence-electron chi connectivity index (χ1n) is 6.14. The van der Waals surface area contributed by atoms with Gasteiger partial charge < -0.3 is 9.72 Å². The molecule has 5 nitrogen and oxygen atoms in total. The van der Waals surface area contributed by atoms with Crippen LogP contribution in [0.3, 0.4) is 0 Å². The number of thioether (sulfide) groups is 1. The number of hydrogen-bond donors (Lipinski definition) is 1. The Kier molecular flexibility index (Phi) is 3.67. The van der Waals surface area contributed by atoms with Crippen LogP contribution < -0.4 is 10.3 Å². The molecule has 20 heavy (non-hydrogen) atoms. The van der Waals surface area contributed by atoms with E-state index in [1.54, 1.807) is 6.20 Å². The van der Waals surface area contributed by atoms with Gasteiger partial charge in [-0.15, -0.1) is 0 Å². The Bertz CT molecular complexity index is 697. The highest BCUT2D eigenvalue weighted by molar-refractivity contribution is 7.98. The number of ether oxygens (including phenoxy) is 1. The molecule has 0 spiro atoms. The Labute approximate surface area is 124 Å². The lowest BCUT2D eigenvalue weighted by molar-refractivity contribution is 0.342. The highest BCUT2D eigenvalue weighted by atomic mass is 35.5. The lowest BCUT2D eigenvalue weighted by Gasteiger charge is -2.07. The molecule has 0 aliphatic carbocycles. The number of aromatic nitrogens is 3. The molecule has 2 aromatic heterocycles. The third kappa shape index (κ3) is 2.53. The molecule has 0 saturated heterocycles. The molecule has 0 unspecified atom stereocenters. The molecule has 1 N–H and O–H groups in total. The number of fused-ring (bicyclic) bond motifs is 1. The van der Waals surface area contributed by atoms with Crippen molar-refractivity contribution < 1.29 is 4.74 Å². The first-order valence-corrected chi connectivity index (χ1v) is 7.50. The van der Waals surface area contributed by atoms with Crippen molar-refractivity contribution in [2.75, 3.05) is 6.61 Å². The lowest BCUT2D eigenvalue weighted by Crippen LogP contribution is -2.12. The van der Waals surface area contributed by atoms with Gasteiger partial charge in [0.15, 0.2) is 5.16 Å². The third-order valence-corrected chi connectivity index (χ3v) is 4.36. The van der Waals surface area contributed by atoms with Crippen molar-refractivity contribution >= 4 is 23.4 Å². The molecule has 0 saturated carbocycles. The average Bonchev–Trinajstić information content (AvgIpc) is 2.87. The minimum Gasteiger partial charge on any atom is -0.477 e. The number of hydrogen-bond acceptors (Lipinski definition) is 5. The van der Waals surface area contributed by atoms with Gasteiger partial charge in [-0.1, -0.05) is 23.4 Å². The van der Waals surface area contributed by atoms with Gasteiger partial charge in [0.05, 0.1) is 12.2 Å². The molecule has 104 valence electrons. The van der Waals surface area contributed by atoms with Gasteiger partial charge in [0.25, 0.3) is 5.56 Å². The molecule has 0 atom stereocenters. The molecule has 0 fully saturated rings. The third-order valence-electron chi connectivity index (χ3n) is 3.14. The summed E-state index contributed by atoms with van der Waals surface area (Å²) in [6.07, 6.45) is 2.30. The maximum absolute atomic E-state index is 11.8. The van der Waals surface area contributed by atoms with Gasteiger partial charge >= 0.3 is 0 Å². The molecule has 0 radical (unpaired) electrons. The van der Waals surface area contributed by atoms with E-state index >= 15 is 0 Å². The summed E-state index contributed by atoms with van der Waals surface area (Å²) in [6.45, 7) is 2.50. The van der Waals surface area contributed by atoms with Crippen molar-refractivity contribution in [1.29, 1.82) is 0 Å². The van der Waals surface area contributed by atoms with E-state index in [4.69, 9.17) is 16.3 Å². The summed E-state index contributed by atoms with van der Waals surface area (Å²) in [5.74, 6) is 1.05. The van der Waals surface area contributed by atoms with Crippen LogP contribution in [0.4, 0.5) is 0 Å². The largest absolute Gasteiger partial charge is 0.477 e. The van der Waals surface area contributed by atoms with Gasteiger partial charge in [0.1, 0.15) is 5.15 Å². The predicted molar refractivity (Wildman–Crippen MR) is 77.6 cm³/mol. The predicted octanol–water partition coefficient (Wildman–Crippen LogP) is 2.35. The van der Waals surface area contributed by atoms with E-state index in [1.165, 1.54) is 11.8 Å². The molecule has 0 amide bonds. The number of halogens is 1. The van der Waals surface area contributed by atoms with Crippen molar-refractivity contribution in [3.05, 3.63) is 44.5 Å². The molecule has 7 heteroatoms. The Morgan fingerprint density at radius 2 is 2.40 bits per heavy atom. The van der Waals surface area contributed by atoms with Crippen LogP contribution in [0.25, 0.3) is 0 Å². The molecule has 0 aromatic carbocycles. The first kappa shape index (κ1) is 13.5. The Hall–Kier alpha value is -1.53. The minimum absolute atomic E-state index is 0.121. The van der Waals surface area contributed by atoms with Gasteiger partial charge in [-0.05, 0) is 18.6 Å². The molecule has 3 rings (SSSR count). The summed E-state index contributed by atoms with van der Waals surface area (Å²) in [5, 5.41) is 1.02. The highest BCUT2D eigenvalue weighted by Gasteiger charge is 2.19. The van der Waals surface area contributed by atoms with E-state index in [9.17, 15) is 4.79 Å². The normalized spacial score (nSPS) is 13.1. The summed E-state index contributed by atoms with van der Waals surface area (Å²) in [7, 11) is 0. The number of pyridine rings is 1. The number of aromatic amines is 1. The summed E-state index contributed by atoms with van der Waals surface area (Å²) >= 11 is 7.49. The minimum atomic E-state index is -0.121. The van der Waals surface area contributed by atoms with E-state index < -0.39 is 0 Å². The van der Waals surface area contributed by atoms with Crippen molar-refractivity contribution in [2.45, 2.75) is 24.3 Å². The summed E-state index contributed by atoms with van der Waals surface area (Å²) < 4.78 is 5.34. The van der Waals surface area contributed by atoms with Crippen LogP contribution in [0.2, 0.25) is 5.15 Å². The van der Waals surface area contributed by atoms with E-state index in [0.717, 1.165) is 11.1 Å². The van der Waals surface area contributed by atoms with Crippen LogP contribution in [0.1, 0.15) is 16.7 Å². The molecule has 3 heterocycles. The Morgan fingerprint density at radius 1 is 1.55 bits per heavy atom. The van der Waals surface area contributed by atoms with Gasteiger partial charge in [0.2, 0.25) is 5.88 Å². The Morgan fingerprint density at radius 3 is 3.20 bits per heavy atom. The van der Waals surface area contributed by atoms with Crippen molar-refractivity contribution in [3.8, 4) is 5.88 Å². The molecule has 1 aliphatic rings. The molecule has 2 aromatic rings. The molecular formula is C13H12ClN3O2S. The zero-order valence-corrected chi connectivity index (χ0v) is 12.3. The van der Waals surface area contributed by atoms with Crippen molar-refractivity contribution in [2.24, 2.45) is 0 Å². The summed E-state index contributed by atoms with van der Waals surface area (Å²) in [6, 6.07) is 1.91. The smallest absolute Gasteiger partial charge is 0.258 e. The van der Waals surface area contributed by atoms with Crippen LogP contribution in [0.5, 0.6) is 5.88 Å². The van der Waals surface area contributed by atoms with Gasteiger partial charge in [-0.3, -0.25) is 4.79 Å². The number of nitrogens with one attached hydrogen (secondary N) is 1. The maximum Gasteiger partial charge on any atom is 0.258 e. The number of nitrogens with zero attached hydrogens (tertiary/aromatic N) is 2. The second-order valence-electron chi connectivity index (χ2n) is 4.44. The molecule has 0 bridgehead atoms. The highest BCUT2D eigenvalue weighted by Crippen LogP contribution is 2.27. The summed E-state index contributed by atoms with van der Waals surface area (Å²) in [5.41, 5.74) is 2.52. The molecular weight excluding hydrogens is 298 g/mol. The van der Waals surface area contributed by atoms with Crippen LogP contribution in [-0.2, 0) is 12.2 Å². The quantitative estimate of drug-likeness (QED) is 0.535. The van der Waals surface area contributed by atoms with E-state index in [-0.39, 0.29) is 5.56 Å². The number of rotatable bonds is 3. The van der Waals surface area contributed by atoms with E-state index in [0.29, 0.717) is 40.5 Å². The SMILES string of the molecule is Cc1ccnc(Cl)c1CSc1nc2c(c(=O)[nH]1)CCO2. The fourth-order valence-corrected chi connectivity index (χ4v) is 3.29. The van der Waals surface area contributed by atoms with Crippen LogP contribution in [0.15, 0.2) is 22.2 Å². The van der Waals surface area contributed by atoms with Crippen LogP contribution in [-0.4, -0.2) is 21.6 Å². The summed E-state index contributed by atoms with van der Waals surface area (Å²) in [4.78, 5) is 23.0. The lowest BCUT2D eigenvalue weighted by atomic mass is 10.2. The van der Waals surface area contributed by atoms with Crippen molar-refractivity contribution in [1.82, 2.24) is 15.0 Å². The zero-order valence-electron chi connectivity index (χ0n) is 10.8. The average molecular weight is 310 g/mol. The van der Waals surface area contributed by atoms with E-state index in [1.807, 2.05) is 13.0 Å². The topological polar surface area (TPSA) is 67.9 Å². The van der Waals surface area contributed by atoms with Crippen molar-refractivity contribution in [3.63, 3.8) is 0 Å². The van der Waals surface area contributed by atoms with Crippen LogP contribution in [0, 0.1) is 6.92 Å². The second kappa shape index (κ2) is 5.46. The standard InChI is InChI=1S/C13H12ClN3O2S/c1-7-2-4-15-10(14)9(7)6-20-13-16-11(18)8-3-5-19-12(8)17-13/h2,4H,3,5-6H2,1H3,(H,16,17,18). The fraction of sp³-hybridized carbons (Fsp3) is 0.308. The monoisotopic (exact) mass is 309 g/mol. The molecule has 1 aliphatic heterocycles. The number of H-pyrrole nitrogens is 1.